The fourth-order valence-corrected chi connectivity index (χ4v) is 4.11. The molecule has 6 rings (SSSR count). The van der Waals surface area contributed by atoms with E-state index in [4.69, 9.17) is 11.3 Å². The summed E-state index contributed by atoms with van der Waals surface area (Å²) in [5, 5.41) is 1.26. The zero-order valence-corrected chi connectivity index (χ0v) is 17.6. The van der Waals surface area contributed by atoms with Gasteiger partial charge >= 0.3 is 0 Å². The van der Waals surface area contributed by atoms with Gasteiger partial charge in [-0.2, -0.15) is 0 Å². The van der Waals surface area contributed by atoms with Crippen molar-refractivity contribution in [2.45, 2.75) is 13.2 Å². The zero-order chi connectivity index (χ0) is 26.5. The van der Waals surface area contributed by atoms with Crippen molar-refractivity contribution in [3.05, 3.63) is 120 Å². The predicted molar refractivity (Wildman–Crippen MR) is 134 cm³/mol. The molecule has 3 aromatic heterocycles. The van der Waals surface area contributed by atoms with E-state index in [0.717, 1.165) is 10.9 Å². The van der Waals surface area contributed by atoms with E-state index in [2.05, 4.69) is 9.97 Å². The standard InChI is InChI=1S/C30H22N2O/c1-20-16-26(31-18-24(20)22-12-6-3-7-13-22)25-19-32-27(17-21-10-4-2-5-11-21)29-23-14-8-9-15-28(23)33-30(25)29/h2-16,18-19H,17H2,1H3/i1D3,17D2. The van der Waals surface area contributed by atoms with E-state index in [1.165, 1.54) is 6.20 Å². The van der Waals surface area contributed by atoms with Gasteiger partial charge in [-0.1, -0.05) is 78.9 Å². The molecule has 0 atom stereocenters. The molecule has 158 valence electrons. The normalized spacial score (nSPS) is 14.4. The van der Waals surface area contributed by atoms with Gasteiger partial charge in [0, 0.05) is 36.6 Å². The minimum absolute atomic E-state index is 0.168. The van der Waals surface area contributed by atoms with Crippen LogP contribution in [-0.4, -0.2) is 9.97 Å². The van der Waals surface area contributed by atoms with Crippen molar-refractivity contribution in [1.29, 1.82) is 0 Å². The maximum Gasteiger partial charge on any atom is 0.148 e. The lowest BCUT2D eigenvalue weighted by atomic mass is 9.99. The second kappa shape index (κ2) is 8.03. The monoisotopic (exact) mass is 431 g/mol. The molecule has 0 spiro atoms. The Hall–Kier alpha value is -4.24. The molecule has 6 aromatic rings. The minimum Gasteiger partial charge on any atom is -0.455 e. The minimum atomic E-state index is -2.38. The van der Waals surface area contributed by atoms with Crippen LogP contribution >= 0.6 is 0 Å². The molecular weight excluding hydrogens is 404 g/mol. The van der Waals surface area contributed by atoms with E-state index < -0.39 is 13.2 Å². The van der Waals surface area contributed by atoms with Crippen molar-refractivity contribution in [1.82, 2.24) is 9.97 Å². The van der Waals surface area contributed by atoms with Crippen LogP contribution in [0.25, 0.3) is 44.3 Å². The summed E-state index contributed by atoms with van der Waals surface area (Å²) in [5.74, 6) is 0. The summed E-state index contributed by atoms with van der Waals surface area (Å²) in [7, 11) is 0. The molecule has 0 saturated carbocycles. The molecule has 3 heterocycles. The second-order valence-electron chi connectivity index (χ2n) is 7.80. The summed E-state index contributed by atoms with van der Waals surface area (Å²) in [6.45, 7) is -2.38. The van der Waals surface area contributed by atoms with E-state index in [1.54, 1.807) is 36.5 Å². The number of hydrogen-bond acceptors (Lipinski definition) is 3. The highest BCUT2D eigenvalue weighted by atomic mass is 16.3. The Bertz CT molecular complexity index is 1780. The fourth-order valence-electron chi connectivity index (χ4n) is 4.11. The lowest BCUT2D eigenvalue weighted by Crippen LogP contribution is -1.96. The third-order valence-electron chi connectivity index (χ3n) is 5.70. The van der Waals surface area contributed by atoms with Gasteiger partial charge in [-0.15, -0.1) is 0 Å². The van der Waals surface area contributed by atoms with Crippen LogP contribution in [-0.2, 0) is 6.37 Å². The summed E-state index contributed by atoms with van der Waals surface area (Å²) >= 11 is 0. The van der Waals surface area contributed by atoms with E-state index in [-0.39, 0.29) is 11.3 Å². The summed E-state index contributed by atoms with van der Waals surface area (Å²) in [4.78, 5) is 9.24. The third kappa shape index (κ3) is 3.48. The summed E-state index contributed by atoms with van der Waals surface area (Å²) < 4.78 is 48.8. The number of pyridine rings is 2. The number of aromatic nitrogens is 2. The number of nitrogens with zero attached hydrogens (tertiary/aromatic N) is 2. The van der Waals surface area contributed by atoms with Crippen LogP contribution in [0.15, 0.2) is 108 Å². The smallest absolute Gasteiger partial charge is 0.148 e. The number of furan rings is 1. The molecule has 0 saturated heterocycles. The maximum atomic E-state index is 8.99. The molecule has 0 amide bonds. The van der Waals surface area contributed by atoms with Gasteiger partial charge in [-0.25, -0.2) is 0 Å². The highest BCUT2D eigenvalue weighted by Crippen LogP contribution is 2.37. The third-order valence-corrected chi connectivity index (χ3v) is 5.70. The van der Waals surface area contributed by atoms with Crippen LogP contribution in [0.2, 0.25) is 0 Å². The Morgan fingerprint density at radius 1 is 0.818 bits per heavy atom. The molecule has 0 N–H and O–H groups in total. The van der Waals surface area contributed by atoms with Crippen LogP contribution in [0.3, 0.4) is 0 Å². The first-order chi connectivity index (χ1) is 18.2. The zero-order valence-electron chi connectivity index (χ0n) is 22.6. The average Bonchev–Trinajstić information content (AvgIpc) is 3.32. The molecule has 3 nitrogen and oxygen atoms in total. The largest absolute Gasteiger partial charge is 0.455 e. The predicted octanol–water partition coefficient (Wildman–Crippen LogP) is 7.61. The molecule has 0 bridgehead atoms. The van der Waals surface area contributed by atoms with Crippen LogP contribution < -0.4 is 0 Å². The highest BCUT2D eigenvalue weighted by Gasteiger charge is 2.18. The molecule has 3 heteroatoms. The lowest BCUT2D eigenvalue weighted by Gasteiger charge is -2.10. The molecule has 33 heavy (non-hydrogen) atoms. The molecule has 0 aliphatic rings. The van der Waals surface area contributed by atoms with Gasteiger partial charge in [0.2, 0.25) is 0 Å². The summed E-state index contributed by atoms with van der Waals surface area (Å²) in [6, 6.07) is 27.1. The highest BCUT2D eigenvalue weighted by molar-refractivity contribution is 6.10. The van der Waals surface area contributed by atoms with Gasteiger partial charge < -0.3 is 4.42 Å². The summed E-state index contributed by atoms with van der Waals surface area (Å²) in [5.41, 5.74) is 4.03. The topological polar surface area (TPSA) is 38.9 Å². The lowest BCUT2D eigenvalue weighted by molar-refractivity contribution is 0.669. The van der Waals surface area contributed by atoms with Gasteiger partial charge in [0.1, 0.15) is 11.2 Å². The van der Waals surface area contributed by atoms with Gasteiger partial charge in [-0.3, -0.25) is 9.97 Å². The Kier molecular flexibility index (Phi) is 3.59. The fraction of sp³-hybridized carbons (Fsp3) is 0.0667. The van der Waals surface area contributed by atoms with Crippen molar-refractivity contribution in [3.8, 4) is 22.4 Å². The second-order valence-corrected chi connectivity index (χ2v) is 7.80. The Morgan fingerprint density at radius 2 is 1.55 bits per heavy atom. The van der Waals surface area contributed by atoms with Gasteiger partial charge in [-0.05, 0) is 35.7 Å². The van der Waals surface area contributed by atoms with E-state index in [1.807, 2.05) is 60.7 Å². The average molecular weight is 432 g/mol. The van der Waals surface area contributed by atoms with Crippen molar-refractivity contribution < 1.29 is 11.3 Å². The number of hydrogen-bond donors (Lipinski definition) is 0. The number of para-hydroxylation sites is 1. The van der Waals surface area contributed by atoms with Gasteiger partial charge in [0.25, 0.3) is 0 Å². The van der Waals surface area contributed by atoms with Crippen LogP contribution in [0.4, 0.5) is 0 Å². The van der Waals surface area contributed by atoms with Crippen molar-refractivity contribution in [2.75, 3.05) is 0 Å². The van der Waals surface area contributed by atoms with Gasteiger partial charge in [0.15, 0.2) is 0 Å². The molecule has 0 radical (unpaired) electrons. The maximum absolute atomic E-state index is 8.99. The molecule has 0 fully saturated rings. The van der Waals surface area contributed by atoms with Gasteiger partial charge in [0.05, 0.1) is 22.3 Å². The van der Waals surface area contributed by atoms with E-state index in [0.29, 0.717) is 38.9 Å². The first-order valence-corrected chi connectivity index (χ1v) is 10.7. The van der Waals surface area contributed by atoms with Crippen molar-refractivity contribution in [3.63, 3.8) is 0 Å². The van der Waals surface area contributed by atoms with E-state index in [9.17, 15) is 0 Å². The Labute approximate surface area is 199 Å². The quantitative estimate of drug-likeness (QED) is 0.288. The number of benzene rings is 3. The number of rotatable bonds is 4. The SMILES string of the molecule is [2H]C([2H])([2H])c1cc(-c2cnc(C([2H])([2H])c3ccccc3)c3c2oc2ccccc23)ncc1-c1ccccc1. The van der Waals surface area contributed by atoms with Crippen LogP contribution in [0.5, 0.6) is 0 Å². The molecule has 0 aliphatic heterocycles. The van der Waals surface area contributed by atoms with Crippen LogP contribution in [0, 0.1) is 6.85 Å². The molecular formula is C30H22N2O. The molecule has 0 unspecified atom stereocenters. The Balaban J connectivity index is 1.62. The number of aryl methyl sites for hydroxylation is 1. The molecule has 0 aliphatic carbocycles. The van der Waals surface area contributed by atoms with Crippen molar-refractivity contribution >= 4 is 21.9 Å². The first-order valence-electron chi connectivity index (χ1n) is 13.2. The summed E-state index contributed by atoms with van der Waals surface area (Å²) in [6.07, 6.45) is 1.19. The first kappa shape index (κ1) is 14.8. The number of fused-ring (bicyclic) bond motifs is 3. The van der Waals surface area contributed by atoms with Crippen LogP contribution in [0.1, 0.15) is 23.7 Å². The Morgan fingerprint density at radius 3 is 2.36 bits per heavy atom. The van der Waals surface area contributed by atoms with E-state index >= 15 is 0 Å². The molecule has 3 aromatic carbocycles. The van der Waals surface area contributed by atoms with Crippen molar-refractivity contribution in [2.24, 2.45) is 0 Å².